The number of aliphatic carboxylic acids is 1. The first-order valence-corrected chi connectivity index (χ1v) is 4.90. The molecule has 0 saturated carbocycles. The highest BCUT2D eigenvalue weighted by molar-refractivity contribution is 5.86. The molecule has 15 heavy (non-hydrogen) atoms. The van der Waals surface area contributed by atoms with Crippen LogP contribution in [0.5, 0.6) is 0 Å². The van der Waals surface area contributed by atoms with Gasteiger partial charge in [0, 0.05) is 12.1 Å². The van der Waals surface area contributed by atoms with Crippen LogP contribution in [0.1, 0.15) is 20.3 Å². The van der Waals surface area contributed by atoms with Crippen molar-refractivity contribution in [2.75, 3.05) is 19.7 Å². The molecule has 0 rings (SSSR count). The maximum atomic E-state index is 10.9. The van der Waals surface area contributed by atoms with Gasteiger partial charge in [0.25, 0.3) is 0 Å². The summed E-state index contributed by atoms with van der Waals surface area (Å²) in [6, 6.07) is 0. The summed E-state index contributed by atoms with van der Waals surface area (Å²) in [6.07, 6.45) is 2.03. The lowest BCUT2D eigenvalue weighted by Gasteiger charge is -2.02. The third kappa shape index (κ3) is 6.68. The Kier molecular flexibility index (Phi) is 7.27. The summed E-state index contributed by atoms with van der Waals surface area (Å²) >= 11 is 0. The van der Waals surface area contributed by atoms with Gasteiger partial charge in [0.1, 0.15) is 0 Å². The molecule has 0 atom stereocenters. The quantitative estimate of drug-likeness (QED) is 0.368. The summed E-state index contributed by atoms with van der Waals surface area (Å²) in [5.41, 5.74) is 0.339. The number of hydrogen-bond acceptors (Lipinski definition) is 4. The fraction of sp³-hybridized carbons (Fsp3) is 0.600. The van der Waals surface area contributed by atoms with Gasteiger partial charge in [0.05, 0.1) is 13.2 Å². The van der Waals surface area contributed by atoms with Crippen molar-refractivity contribution >= 4 is 11.9 Å². The van der Waals surface area contributed by atoms with Crippen molar-refractivity contribution in [1.29, 1.82) is 0 Å². The Bertz CT molecular complexity index is 248. The molecule has 0 aromatic rings. The summed E-state index contributed by atoms with van der Waals surface area (Å²) in [6.45, 7) is 4.31. The minimum Gasteiger partial charge on any atom is -0.478 e. The van der Waals surface area contributed by atoms with Gasteiger partial charge >= 0.3 is 11.9 Å². The number of carboxylic acids is 1. The second-order valence-electron chi connectivity index (χ2n) is 2.82. The Morgan fingerprint density at radius 2 is 2.07 bits per heavy atom. The third-order valence-electron chi connectivity index (χ3n) is 1.72. The Morgan fingerprint density at radius 3 is 2.53 bits per heavy atom. The van der Waals surface area contributed by atoms with E-state index >= 15 is 0 Å². The molecule has 0 saturated heterocycles. The average Bonchev–Trinajstić information content (AvgIpc) is 2.17. The van der Waals surface area contributed by atoms with Crippen LogP contribution in [0.2, 0.25) is 0 Å². The van der Waals surface area contributed by atoms with Crippen LogP contribution in [0.3, 0.4) is 0 Å². The van der Waals surface area contributed by atoms with Crippen LogP contribution in [-0.4, -0.2) is 36.7 Å². The lowest BCUT2D eigenvalue weighted by molar-refractivity contribution is -0.142. The molecule has 0 spiro atoms. The second-order valence-corrected chi connectivity index (χ2v) is 2.82. The predicted molar refractivity (Wildman–Crippen MR) is 55.5 cm³/mol. The van der Waals surface area contributed by atoms with Crippen LogP contribution < -0.4 is 5.32 Å². The lowest BCUT2D eigenvalue weighted by atomic mass is 10.2. The summed E-state index contributed by atoms with van der Waals surface area (Å²) in [4.78, 5) is 21.4. The normalized spacial score (nSPS) is 11.2. The molecule has 0 radical (unpaired) electrons. The molecule has 0 fully saturated rings. The van der Waals surface area contributed by atoms with Gasteiger partial charge in [0.15, 0.2) is 0 Å². The van der Waals surface area contributed by atoms with E-state index in [1.54, 1.807) is 19.9 Å². The van der Waals surface area contributed by atoms with Crippen LogP contribution >= 0.6 is 0 Å². The monoisotopic (exact) mass is 215 g/mol. The lowest BCUT2D eigenvalue weighted by Crippen LogP contribution is -2.25. The van der Waals surface area contributed by atoms with E-state index in [4.69, 9.17) is 5.11 Å². The molecular formula is C10H17NO4. The number of nitrogens with one attached hydrogen (secondary N) is 1. The number of hydrogen-bond donors (Lipinski definition) is 2. The van der Waals surface area contributed by atoms with Gasteiger partial charge in [-0.15, -0.1) is 0 Å². The maximum Gasteiger partial charge on any atom is 0.331 e. The van der Waals surface area contributed by atoms with Crippen molar-refractivity contribution in [3.8, 4) is 0 Å². The minimum atomic E-state index is -0.921. The minimum absolute atomic E-state index is 0.0982. The first kappa shape index (κ1) is 13.6. The molecular weight excluding hydrogens is 198 g/mol. The third-order valence-corrected chi connectivity index (χ3v) is 1.72. The van der Waals surface area contributed by atoms with Crippen molar-refractivity contribution < 1.29 is 19.4 Å². The molecule has 0 aliphatic carbocycles. The largest absolute Gasteiger partial charge is 0.478 e. The number of ether oxygens (including phenoxy) is 1. The highest BCUT2D eigenvalue weighted by Gasteiger charge is 2.03. The van der Waals surface area contributed by atoms with E-state index in [1.165, 1.54) is 0 Å². The van der Waals surface area contributed by atoms with Gasteiger partial charge in [-0.1, -0.05) is 13.0 Å². The molecule has 0 aliphatic rings. The Morgan fingerprint density at radius 1 is 1.40 bits per heavy atom. The van der Waals surface area contributed by atoms with E-state index < -0.39 is 5.97 Å². The first-order chi connectivity index (χ1) is 7.11. The fourth-order valence-electron chi connectivity index (χ4n) is 0.964. The number of carbonyl (C=O) groups excluding carboxylic acids is 1. The van der Waals surface area contributed by atoms with E-state index in [0.29, 0.717) is 25.1 Å². The molecule has 0 aromatic heterocycles. The molecule has 0 amide bonds. The summed E-state index contributed by atoms with van der Waals surface area (Å²) in [5.74, 6) is -1.25. The van der Waals surface area contributed by atoms with Crippen molar-refractivity contribution in [2.24, 2.45) is 0 Å². The van der Waals surface area contributed by atoms with E-state index in [0.717, 1.165) is 0 Å². The first-order valence-electron chi connectivity index (χ1n) is 4.90. The zero-order chi connectivity index (χ0) is 11.7. The van der Waals surface area contributed by atoms with Crippen molar-refractivity contribution in [3.63, 3.8) is 0 Å². The summed E-state index contributed by atoms with van der Waals surface area (Å²) in [7, 11) is 0. The van der Waals surface area contributed by atoms with Gasteiger partial charge in [-0.3, -0.25) is 4.79 Å². The fourth-order valence-corrected chi connectivity index (χ4v) is 0.964. The number of rotatable bonds is 7. The van der Waals surface area contributed by atoms with Crippen molar-refractivity contribution in [2.45, 2.75) is 20.3 Å². The second kappa shape index (κ2) is 7.99. The van der Waals surface area contributed by atoms with Crippen molar-refractivity contribution in [1.82, 2.24) is 5.32 Å². The van der Waals surface area contributed by atoms with E-state index in [2.05, 4.69) is 10.1 Å². The molecule has 0 heterocycles. The van der Waals surface area contributed by atoms with E-state index in [9.17, 15) is 9.59 Å². The van der Waals surface area contributed by atoms with E-state index in [1.807, 2.05) is 0 Å². The van der Waals surface area contributed by atoms with Crippen LogP contribution in [0.15, 0.2) is 11.6 Å². The Labute approximate surface area is 89.1 Å². The van der Waals surface area contributed by atoms with Gasteiger partial charge < -0.3 is 15.2 Å². The molecule has 0 aliphatic heterocycles. The molecule has 0 unspecified atom stereocenters. The smallest absolute Gasteiger partial charge is 0.331 e. The maximum absolute atomic E-state index is 10.9. The molecule has 5 nitrogen and oxygen atoms in total. The number of esters is 1. The average molecular weight is 215 g/mol. The molecule has 0 aromatic carbocycles. The van der Waals surface area contributed by atoms with Crippen molar-refractivity contribution in [3.05, 3.63) is 11.6 Å². The van der Waals surface area contributed by atoms with Crippen LogP contribution in [0.25, 0.3) is 0 Å². The molecule has 2 N–H and O–H groups in total. The van der Waals surface area contributed by atoms with Crippen LogP contribution in [0, 0.1) is 0 Å². The molecule has 86 valence electrons. The van der Waals surface area contributed by atoms with Crippen LogP contribution in [0.4, 0.5) is 0 Å². The number of carboxylic acid groups (broad SMARTS) is 1. The summed E-state index contributed by atoms with van der Waals surface area (Å²) < 4.78 is 4.68. The molecule has 0 bridgehead atoms. The topological polar surface area (TPSA) is 75.6 Å². The van der Waals surface area contributed by atoms with Crippen LogP contribution in [-0.2, 0) is 14.3 Å². The van der Waals surface area contributed by atoms with Gasteiger partial charge in [-0.05, 0) is 13.3 Å². The summed E-state index contributed by atoms with van der Waals surface area (Å²) in [5, 5.41) is 11.5. The predicted octanol–water partition coefficient (Wildman–Crippen LogP) is 0.560. The SMILES string of the molecule is CCOC(=O)CNC/C=C(/CC)C(=O)O. The zero-order valence-electron chi connectivity index (χ0n) is 9.08. The number of carbonyl (C=O) groups is 2. The highest BCUT2D eigenvalue weighted by atomic mass is 16.5. The standard InChI is InChI=1S/C10H17NO4/c1-3-8(10(13)14)5-6-11-7-9(12)15-4-2/h5,11H,3-4,6-7H2,1-2H3,(H,13,14)/b8-5-. The van der Waals surface area contributed by atoms with Gasteiger partial charge in [0.2, 0.25) is 0 Å². The molecule has 5 heteroatoms. The van der Waals surface area contributed by atoms with Gasteiger partial charge in [-0.25, -0.2) is 4.79 Å². The van der Waals surface area contributed by atoms with Gasteiger partial charge in [-0.2, -0.15) is 0 Å². The Balaban J connectivity index is 3.77. The highest BCUT2D eigenvalue weighted by Crippen LogP contribution is 1.98. The van der Waals surface area contributed by atoms with E-state index in [-0.39, 0.29) is 12.5 Å². The Hall–Kier alpha value is -1.36. The zero-order valence-corrected chi connectivity index (χ0v) is 9.08.